The Morgan fingerprint density at radius 1 is 1.15 bits per heavy atom. The molecule has 0 fully saturated rings. The zero-order valence-electron chi connectivity index (χ0n) is 15.5. The van der Waals surface area contributed by atoms with Crippen molar-refractivity contribution in [1.29, 1.82) is 0 Å². The van der Waals surface area contributed by atoms with E-state index in [9.17, 15) is 0 Å². The number of rotatable bonds is 5. The number of hydrogen-bond donors (Lipinski definition) is 0. The second-order valence-electron chi connectivity index (χ2n) is 6.72. The molecule has 2 aliphatic rings. The fourth-order valence-corrected chi connectivity index (χ4v) is 3.23. The van der Waals surface area contributed by atoms with Crippen molar-refractivity contribution in [2.75, 3.05) is 6.79 Å². The molecule has 0 aromatic heterocycles. The predicted molar refractivity (Wildman–Crippen MR) is 97.1 cm³/mol. The van der Waals surface area contributed by atoms with Crippen LogP contribution in [-0.2, 0) is 35.4 Å². The molecule has 2 nitrogen and oxygen atoms in total. The molecule has 0 N–H and O–H groups in total. The third-order valence-corrected chi connectivity index (χ3v) is 4.92. The molecule has 0 spiro atoms. The zero-order valence-corrected chi connectivity index (χ0v) is 20.5. The molecule has 6 heteroatoms. The van der Waals surface area contributed by atoms with Gasteiger partial charge in [0, 0.05) is 0 Å². The molecule has 26 heavy (non-hydrogen) atoms. The Kier molecular flexibility index (Phi) is 10.7. The average molecular weight is 486 g/mol. The molecule has 2 aliphatic carbocycles. The van der Waals surface area contributed by atoms with Crippen LogP contribution in [0.5, 0.6) is 0 Å². The quantitative estimate of drug-likeness (QED) is 0.310. The number of fused-ring (bicyclic) bond motifs is 1. The summed E-state index contributed by atoms with van der Waals surface area (Å²) in [7, 11) is -1.56. The van der Waals surface area contributed by atoms with Gasteiger partial charge in [-0.05, 0) is 32.1 Å². The first kappa shape index (κ1) is 25.6. The summed E-state index contributed by atoms with van der Waals surface area (Å²) < 4.78 is 11.7. The fraction of sp³-hybridized carbons (Fsp3) is 0.300. The van der Waals surface area contributed by atoms with Crippen LogP contribution in [0.2, 0.25) is 19.6 Å². The van der Waals surface area contributed by atoms with Crippen molar-refractivity contribution in [2.45, 2.75) is 33.0 Å². The van der Waals surface area contributed by atoms with E-state index in [-0.39, 0.29) is 51.0 Å². The first-order chi connectivity index (χ1) is 11.0. The molecule has 1 aromatic carbocycles. The van der Waals surface area contributed by atoms with Crippen LogP contribution < -0.4 is 24.8 Å². The van der Waals surface area contributed by atoms with E-state index in [1.165, 1.54) is 16.7 Å². The molecular weight excluding hydrogens is 462 g/mol. The van der Waals surface area contributed by atoms with Gasteiger partial charge >= 0.3 is 26.2 Å². The molecule has 0 amide bonds. The van der Waals surface area contributed by atoms with Crippen molar-refractivity contribution in [3.8, 4) is 0 Å². The van der Waals surface area contributed by atoms with E-state index in [2.05, 4.69) is 69.1 Å². The predicted octanol–water partition coefficient (Wildman–Crippen LogP) is -0.774. The van der Waals surface area contributed by atoms with Gasteiger partial charge in [-0.15, -0.1) is 40.5 Å². The van der Waals surface area contributed by atoms with Crippen molar-refractivity contribution in [3.05, 3.63) is 76.6 Å². The number of allylic oxidation sites excluding steroid dienone is 6. The molecule has 1 radical (unpaired) electrons. The summed E-state index contributed by atoms with van der Waals surface area (Å²) in [4.78, 5) is 0. The Hall–Kier alpha value is -0.380. The van der Waals surface area contributed by atoms with Crippen LogP contribution in [0.15, 0.2) is 59.4 Å². The first-order valence-electron chi connectivity index (χ1n) is 8.06. The molecule has 1 aromatic rings. The maximum atomic E-state index is 5.91. The third kappa shape index (κ3) is 5.81. The topological polar surface area (TPSA) is 18.5 Å². The summed E-state index contributed by atoms with van der Waals surface area (Å²) in [5, 5.41) is 0. The molecule has 137 valence electrons. The minimum atomic E-state index is -1.56. The van der Waals surface area contributed by atoms with Gasteiger partial charge in [0.05, 0.1) is 5.76 Å². The van der Waals surface area contributed by atoms with E-state index < -0.39 is 8.32 Å². The molecule has 3 rings (SSSR count). The number of benzene rings is 1. The summed E-state index contributed by atoms with van der Waals surface area (Å²) in [5.41, 5.74) is 6.01. The van der Waals surface area contributed by atoms with Crippen LogP contribution in [0.25, 0.3) is 5.57 Å². The molecule has 0 unspecified atom stereocenters. The van der Waals surface area contributed by atoms with Gasteiger partial charge in [-0.25, -0.2) is 0 Å². The minimum absolute atomic E-state index is 0. The van der Waals surface area contributed by atoms with Gasteiger partial charge in [0.15, 0.2) is 15.1 Å². The van der Waals surface area contributed by atoms with Crippen LogP contribution in [0.4, 0.5) is 0 Å². The van der Waals surface area contributed by atoms with Crippen LogP contribution in [0, 0.1) is 6.08 Å². The van der Waals surface area contributed by atoms with E-state index in [4.69, 9.17) is 9.16 Å². The third-order valence-electron chi connectivity index (χ3n) is 3.93. The smallest absolute Gasteiger partial charge is 1.00 e. The van der Waals surface area contributed by atoms with E-state index in [1.807, 2.05) is 6.08 Å². The minimum Gasteiger partial charge on any atom is -1.00 e. The molecular formula is C20H23Cl2O2SiZr. The summed E-state index contributed by atoms with van der Waals surface area (Å²) in [5.74, 6) is 0.915. The Bertz CT molecular complexity index is 746. The van der Waals surface area contributed by atoms with Gasteiger partial charge in [0.2, 0.25) is 0 Å². The molecule has 0 bridgehead atoms. The molecule has 0 saturated carbocycles. The van der Waals surface area contributed by atoms with Crippen LogP contribution in [-0.4, -0.2) is 15.1 Å². The number of ether oxygens (including phenoxy) is 1. The summed E-state index contributed by atoms with van der Waals surface area (Å²) in [6.45, 7) is 8.90. The van der Waals surface area contributed by atoms with Gasteiger partial charge in [-0.3, -0.25) is 0 Å². The number of hydrogen-bond acceptors (Lipinski definition) is 2. The standard InChI is InChI=1S/C20H23O2Si.2ClH.Zr/c1-5-16-17-10-7-6-9-15(17)13-19(16)18-11-8-12-20(18)21-14-22-23(2,3)4;;;/h5-10,12H,11,14H2,1-4H3;2*1H;/q-1;;;+3/p-2. The Morgan fingerprint density at radius 2 is 1.85 bits per heavy atom. The summed E-state index contributed by atoms with van der Waals surface area (Å²) >= 11 is 0. The second kappa shape index (κ2) is 10.8. The van der Waals surface area contributed by atoms with Crippen LogP contribution in [0.1, 0.15) is 24.5 Å². The first-order valence-corrected chi connectivity index (χ1v) is 11.5. The van der Waals surface area contributed by atoms with Gasteiger partial charge in [0.1, 0.15) is 0 Å². The molecule has 0 saturated heterocycles. The largest absolute Gasteiger partial charge is 3.00 e. The molecule has 0 atom stereocenters. The van der Waals surface area contributed by atoms with Crippen LogP contribution >= 0.6 is 0 Å². The van der Waals surface area contributed by atoms with Gasteiger partial charge in [-0.2, -0.15) is 0 Å². The average Bonchev–Trinajstić information content (AvgIpc) is 3.09. The van der Waals surface area contributed by atoms with Crippen molar-refractivity contribution in [1.82, 2.24) is 0 Å². The number of halogens is 2. The molecule has 0 heterocycles. The Morgan fingerprint density at radius 3 is 2.50 bits per heavy atom. The summed E-state index contributed by atoms with van der Waals surface area (Å²) in [6, 6.07) is 8.40. The van der Waals surface area contributed by atoms with Crippen molar-refractivity contribution >= 4 is 13.9 Å². The second-order valence-corrected chi connectivity index (χ2v) is 11.2. The maximum absolute atomic E-state index is 5.91. The fourth-order valence-electron chi connectivity index (χ4n) is 2.82. The SMILES string of the molecule is CC=C1C(C2=C(OCO[Si](C)(C)C)C=CC2)=[C-]c2ccccc21.[Cl-].[Cl-].[Zr+3]. The van der Waals surface area contributed by atoms with E-state index in [1.54, 1.807) is 0 Å². The van der Waals surface area contributed by atoms with Gasteiger partial charge in [-0.1, -0.05) is 36.8 Å². The van der Waals surface area contributed by atoms with Gasteiger partial charge in [0.25, 0.3) is 0 Å². The Labute approximate surface area is 189 Å². The van der Waals surface area contributed by atoms with Crippen molar-refractivity contribution in [2.24, 2.45) is 0 Å². The van der Waals surface area contributed by atoms with E-state index >= 15 is 0 Å². The van der Waals surface area contributed by atoms with E-state index in [0.29, 0.717) is 6.79 Å². The maximum Gasteiger partial charge on any atom is 3.00 e. The van der Waals surface area contributed by atoms with Gasteiger partial charge < -0.3 is 34.0 Å². The normalized spacial score (nSPS) is 16.5. The van der Waals surface area contributed by atoms with E-state index in [0.717, 1.165) is 23.3 Å². The summed E-state index contributed by atoms with van der Waals surface area (Å²) in [6.07, 6.45) is 10.8. The van der Waals surface area contributed by atoms with Crippen molar-refractivity contribution < 1.29 is 60.2 Å². The molecule has 0 aliphatic heterocycles. The Balaban J connectivity index is 0.00000208. The van der Waals surface area contributed by atoms with Crippen molar-refractivity contribution in [3.63, 3.8) is 0 Å². The zero-order chi connectivity index (χ0) is 16.4. The van der Waals surface area contributed by atoms with Crippen LogP contribution in [0.3, 0.4) is 0 Å². The monoisotopic (exact) mass is 483 g/mol.